The van der Waals surface area contributed by atoms with E-state index < -0.39 is 11.6 Å². The first-order valence-corrected chi connectivity index (χ1v) is 6.71. The van der Waals surface area contributed by atoms with Crippen LogP contribution in [0.1, 0.15) is 44.9 Å². The second kappa shape index (κ2) is 5.24. The van der Waals surface area contributed by atoms with Gasteiger partial charge in [-0.05, 0) is 18.8 Å². The third kappa shape index (κ3) is 2.82. The molecule has 1 unspecified atom stereocenters. The van der Waals surface area contributed by atoms with Gasteiger partial charge in [-0.1, -0.05) is 19.3 Å². The predicted octanol–water partition coefficient (Wildman–Crippen LogP) is 1.98. The summed E-state index contributed by atoms with van der Waals surface area (Å²) in [4.78, 5) is 24.1. The van der Waals surface area contributed by atoms with E-state index in [0.29, 0.717) is 12.3 Å². The summed E-state index contributed by atoms with van der Waals surface area (Å²) in [5, 5.41) is 8.78. The van der Waals surface area contributed by atoms with E-state index in [4.69, 9.17) is 5.11 Å². The van der Waals surface area contributed by atoms with E-state index in [1.54, 1.807) is 0 Å². The Bertz CT molecular complexity index is 341. The molecule has 0 radical (unpaired) electrons. The lowest BCUT2D eigenvalue weighted by atomic mass is 9.87. The van der Waals surface area contributed by atoms with Crippen LogP contribution in [-0.4, -0.2) is 40.6 Å². The van der Waals surface area contributed by atoms with Crippen molar-refractivity contribution in [3.05, 3.63) is 0 Å². The van der Waals surface area contributed by atoms with Gasteiger partial charge in [0.25, 0.3) is 0 Å². The number of halogens is 1. The van der Waals surface area contributed by atoms with Gasteiger partial charge in [-0.25, -0.2) is 9.18 Å². The largest absolute Gasteiger partial charge is 0.479 e. The Morgan fingerprint density at radius 3 is 2.50 bits per heavy atom. The van der Waals surface area contributed by atoms with E-state index in [1.807, 2.05) is 0 Å². The highest BCUT2D eigenvalue weighted by atomic mass is 19.1. The molecular formula is C13H20FNO3. The first-order chi connectivity index (χ1) is 8.51. The average molecular weight is 257 g/mol. The van der Waals surface area contributed by atoms with E-state index in [9.17, 15) is 14.0 Å². The molecule has 1 amide bonds. The van der Waals surface area contributed by atoms with E-state index in [-0.39, 0.29) is 25.4 Å². The average Bonchev–Trinajstić information content (AvgIpc) is 2.75. The van der Waals surface area contributed by atoms with Crippen molar-refractivity contribution in [2.75, 3.05) is 13.1 Å². The molecule has 1 saturated heterocycles. The van der Waals surface area contributed by atoms with Gasteiger partial charge in [0.1, 0.15) is 0 Å². The third-order valence-electron chi connectivity index (χ3n) is 4.14. The monoisotopic (exact) mass is 257 g/mol. The van der Waals surface area contributed by atoms with Gasteiger partial charge >= 0.3 is 5.97 Å². The van der Waals surface area contributed by atoms with Crippen LogP contribution in [0.5, 0.6) is 0 Å². The number of hydrogen-bond donors (Lipinski definition) is 1. The fraction of sp³-hybridized carbons (Fsp3) is 0.846. The molecule has 102 valence electrons. The Labute approximate surface area is 106 Å². The molecule has 0 bridgehead atoms. The van der Waals surface area contributed by atoms with Gasteiger partial charge in [-0.2, -0.15) is 0 Å². The van der Waals surface area contributed by atoms with Crippen LogP contribution in [0, 0.1) is 5.92 Å². The van der Waals surface area contributed by atoms with Crippen molar-refractivity contribution in [2.24, 2.45) is 5.92 Å². The Kier molecular flexibility index (Phi) is 3.88. The Morgan fingerprint density at radius 2 is 1.94 bits per heavy atom. The quantitative estimate of drug-likeness (QED) is 0.841. The zero-order valence-electron chi connectivity index (χ0n) is 10.5. The number of amides is 1. The van der Waals surface area contributed by atoms with Gasteiger partial charge < -0.3 is 10.0 Å². The number of likely N-dealkylation sites (tertiary alicyclic amines) is 1. The number of rotatable bonds is 3. The molecule has 1 N–H and O–H groups in total. The van der Waals surface area contributed by atoms with Gasteiger partial charge in [-0.3, -0.25) is 4.79 Å². The van der Waals surface area contributed by atoms with Gasteiger partial charge in [-0.15, -0.1) is 0 Å². The lowest BCUT2D eigenvalue weighted by Crippen LogP contribution is -2.39. The van der Waals surface area contributed by atoms with Crippen LogP contribution in [0.2, 0.25) is 0 Å². The summed E-state index contributed by atoms with van der Waals surface area (Å²) < 4.78 is 13.8. The summed E-state index contributed by atoms with van der Waals surface area (Å²) in [6, 6.07) is 0. The van der Waals surface area contributed by atoms with E-state index >= 15 is 0 Å². The van der Waals surface area contributed by atoms with Gasteiger partial charge in [0, 0.05) is 19.4 Å². The van der Waals surface area contributed by atoms with Crippen LogP contribution in [-0.2, 0) is 9.59 Å². The maximum Gasteiger partial charge on any atom is 0.343 e. The normalized spacial score (nSPS) is 29.5. The number of aliphatic carboxylic acids is 1. The smallest absolute Gasteiger partial charge is 0.343 e. The number of carbonyl (C=O) groups is 2. The zero-order chi connectivity index (χ0) is 13.2. The highest BCUT2D eigenvalue weighted by Gasteiger charge is 2.46. The molecule has 2 rings (SSSR count). The van der Waals surface area contributed by atoms with Crippen molar-refractivity contribution in [3.63, 3.8) is 0 Å². The molecule has 0 spiro atoms. The second-order valence-electron chi connectivity index (χ2n) is 5.54. The van der Waals surface area contributed by atoms with Crippen molar-refractivity contribution < 1.29 is 19.1 Å². The molecule has 1 atom stereocenters. The molecule has 1 aliphatic carbocycles. The molecular weight excluding hydrogens is 237 g/mol. The fourth-order valence-electron chi connectivity index (χ4n) is 2.93. The third-order valence-corrected chi connectivity index (χ3v) is 4.14. The molecule has 5 heteroatoms. The maximum absolute atomic E-state index is 13.8. The number of nitrogens with zero attached hydrogens (tertiary/aromatic N) is 1. The summed E-state index contributed by atoms with van der Waals surface area (Å²) in [5.74, 6) is -1.12. The molecule has 2 fully saturated rings. The molecule has 1 heterocycles. The topological polar surface area (TPSA) is 57.6 Å². The van der Waals surface area contributed by atoms with Crippen LogP contribution in [0.3, 0.4) is 0 Å². The number of alkyl halides is 1. The molecule has 1 aliphatic heterocycles. The highest BCUT2D eigenvalue weighted by molar-refractivity contribution is 5.82. The molecule has 2 aliphatic rings. The predicted molar refractivity (Wildman–Crippen MR) is 63.9 cm³/mol. The van der Waals surface area contributed by atoms with Gasteiger partial charge in [0.15, 0.2) is 0 Å². The van der Waals surface area contributed by atoms with Crippen LogP contribution in [0.25, 0.3) is 0 Å². The van der Waals surface area contributed by atoms with Crippen LogP contribution >= 0.6 is 0 Å². The Balaban J connectivity index is 1.85. The second-order valence-corrected chi connectivity index (χ2v) is 5.54. The first kappa shape index (κ1) is 13.3. The molecule has 0 aromatic heterocycles. The van der Waals surface area contributed by atoms with Crippen LogP contribution in [0.4, 0.5) is 4.39 Å². The zero-order valence-corrected chi connectivity index (χ0v) is 10.5. The maximum atomic E-state index is 13.8. The summed E-state index contributed by atoms with van der Waals surface area (Å²) in [6.45, 7) is -0.0533. The van der Waals surface area contributed by atoms with E-state index in [2.05, 4.69) is 0 Å². The Hall–Kier alpha value is -1.13. The fourth-order valence-corrected chi connectivity index (χ4v) is 2.93. The molecule has 1 saturated carbocycles. The summed E-state index contributed by atoms with van der Waals surface area (Å²) in [6.07, 6.45) is 6.08. The van der Waals surface area contributed by atoms with E-state index in [0.717, 1.165) is 12.8 Å². The summed E-state index contributed by atoms with van der Waals surface area (Å²) in [5.41, 5.74) is -2.23. The van der Waals surface area contributed by atoms with Gasteiger partial charge in [0.2, 0.25) is 11.6 Å². The highest BCUT2D eigenvalue weighted by Crippen LogP contribution is 2.30. The number of carbonyl (C=O) groups excluding carboxylic acids is 1. The van der Waals surface area contributed by atoms with Crippen molar-refractivity contribution in [1.82, 2.24) is 4.90 Å². The summed E-state index contributed by atoms with van der Waals surface area (Å²) in [7, 11) is 0. The molecule has 18 heavy (non-hydrogen) atoms. The minimum Gasteiger partial charge on any atom is -0.479 e. The number of carboxylic acids is 1. The van der Waals surface area contributed by atoms with Crippen molar-refractivity contribution >= 4 is 11.9 Å². The number of hydrogen-bond acceptors (Lipinski definition) is 2. The lowest BCUT2D eigenvalue weighted by Gasteiger charge is -2.24. The minimum atomic E-state index is -2.23. The minimum absolute atomic E-state index is 0.0809. The van der Waals surface area contributed by atoms with Gasteiger partial charge in [0.05, 0.1) is 6.54 Å². The summed E-state index contributed by atoms with van der Waals surface area (Å²) >= 11 is 0. The van der Waals surface area contributed by atoms with E-state index in [1.165, 1.54) is 24.2 Å². The Morgan fingerprint density at radius 1 is 1.28 bits per heavy atom. The van der Waals surface area contributed by atoms with Crippen molar-refractivity contribution in [2.45, 2.75) is 50.6 Å². The molecule has 0 aromatic rings. The van der Waals surface area contributed by atoms with Crippen LogP contribution < -0.4 is 0 Å². The molecule has 0 aromatic carbocycles. The lowest BCUT2D eigenvalue weighted by molar-refractivity contribution is -0.150. The van der Waals surface area contributed by atoms with Crippen molar-refractivity contribution in [1.29, 1.82) is 0 Å². The first-order valence-electron chi connectivity index (χ1n) is 6.71. The standard InChI is InChI=1S/C13H20FNO3/c14-13(12(17)18)6-7-15(9-13)11(16)8-10-4-2-1-3-5-10/h10H,1-9H2,(H,17,18). The molecule has 4 nitrogen and oxygen atoms in total. The SMILES string of the molecule is O=C(CC1CCCCC1)N1CCC(F)(C(=O)O)C1. The number of carboxylic acid groups (broad SMARTS) is 1. The van der Waals surface area contributed by atoms with Crippen LogP contribution in [0.15, 0.2) is 0 Å². The van der Waals surface area contributed by atoms with Crippen molar-refractivity contribution in [3.8, 4) is 0 Å².